The molecule has 0 spiro atoms. The van der Waals surface area contributed by atoms with Gasteiger partial charge < -0.3 is 21.3 Å². The van der Waals surface area contributed by atoms with Crippen molar-refractivity contribution in [1.82, 2.24) is 31.1 Å². The molecule has 0 aliphatic carbocycles. The molecule has 56 heavy (non-hydrogen) atoms. The standard InChI is InChI=1S/C49H61ClN6/c50-48-13-3-12-47(32-48)49(45-18-14-39(15-19-45)37-55-26-4-22-51-33-41-8-1-9-42(30-41)34-52-23-5-27-55)46-20-16-40(17-21-46)38-56-28-6-24-53-35-43-10-2-11-44(31-43)36-54-25-7-29-56/h1-3,8-21,30-32,49,51-54H,4-7,22-29,33-38H2. The molecule has 4 N–H and O–H groups in total. The molecule has 2 aliphatic rings. The number of benzene rings is 5. The van der Waals surface area contributed by atoms with Crippen molar-refractivity contribution in [3.8, 4) is 0 Å². The number of hydrogen-bond acceptors (Lipinski definition) is 6. The second-order valence-electron chi connectivity index (χ2n) is 15.8. The third-order valence-corrected chi connectivity index (χ3v) is 11.5. The van der Waals surface area contributed by atoms with Crippen molar-refractivity contribution in [2.75, 3.05) is 52.4 Å². The van der Waals surface area contributed by atoms with E-state index < -0.39 is 0 Å². The van der Waals surface area contributed by atoms with Crippen LogP contribution in [-0.4, -0.2) is 62.2 Å². The highest BCUT2D eigenvalue weighted by molar-refractivity contribution is 6.30. The first-order valence-electron chi connectivity index (χ1n) is 21.0. The molecule has 4 bridgehead atoms. The van der Waals surface area contributed by atoms with Crippen LogP contribution in [0.15, 0.2) is 121 Å². The minimum atomic E-state index is 0.106. The van der Waals surface area contributed by atoms with E-state index in [-0.39, 0.29) is 5.92 Å². The molecule has 7 heteroatoms. The Morgan fingerprint density at radius 2 is 0.804 bits per heavy atom. The number of hydrogen-bond donors (Lipinski definition) is 4. The summed E-state index contributed by atoms with van der Waals surface area (Å²) in [4.78, 5) is 5.25. The Balaban J connectivity index is 0.992. The van der Waals surface area contributed by atoms with Crippen LogP contribution in [0.2, 0.25) is 5.02 Å². The number of rotatable bonds is 7. The van der Waals surface area contributed by atoms with Crippen LogP contribution >= 0.6 is 11.6 Å². The minimum absolute atomic E-state index is 0.106. The molecule has 5 aromatic carbocycles. The molecule has 7 rings (SSSR count). The molecule has 0 saturated heterocycles. The summed E-state index contributed by atoms with van der Waals surface area (Å²) in [6, 6.07) is 45.1. The van der Waals surface area contributed by atoms with E-state index in [0.717, 1.165) is 122 Å². The van der Waals surface area contributed by atoms with Crippen LogP contribution in [0.5, 0.6) is 0 Å². The Hall–Kier alpha value is -3.85. The normalized spacial score (nSPS) is 17.5. The van der Waals surface area contributed by atoms with E-state index in [9.17, 15) is 0 Å². The molecule has 5 aromatic rings. The van der Waals surface area contributed by atoms with E-state index in [4.69, 9.17) is 11.6 Å². The van der Waals surface area contributed by atoms with Gasteiger partial charge in [-0.05, 0) is 140 Å². The van der Waals surface area contributed by atoms with Gasteiger partial charge in [0.15, 0.2) is 0 Å². The predicted octanol–water partition coefficient (Wildman–Crippen LogP) is 8.47. The van der Waals surface area contributed by atoms with Gasteiger partial charge in [-0.25, -0.2) is 0 Å². The van der Waals surface area contributed by atoms with Crippen LogP contribution in [0.3, 0.4) is 0 Å². The van der Waals surface area contributed by atoms with Crippen molar-refractivity contribution in [3.05, 3.63) is 176 Å². The number of nitrogens with one attached hydrogen (secondary N) is 4. The van der Waals surface area contributed by atoms with Gasteiger partial charge in [-0.3, -0.25) is 9.80 Å². The van der Waals surface area contributed by atoms with Gasteiger partial charge in [0.1, 0.15) is 0 Å². The van der Waals surface area contributed by atoms with Crippen molar-refractivity contribution >= 4 is 11.6 Å². The first-order chi connectivity index (χ1) is 27.6. The van der Waals surface area contributed by atoms with Crippen LogP contribution in [-0.2, 0) is 39.3 Å². The van der Waals surface area contributed by atoms with Gasteiger partial charge in [-0.2, -0.15) is 0 Å². The second-order valence-corrected chi connectivity index (χ2v) is 16.2. The van der Waals surface area contributed by atoms with Gasteiger partial charge in [0.25, 0.3) is 0 Å². The van der Waals surface area contributed by atoms with Crippen LogP contribution in [0.4, 0.5) is 0 Å². The molecule has 0 fully saturated rings. The zero-order valence-corrected chi connectivity index (χ0v) is 33.9. The maximum atomic E-state index is 6.60. The van der Waals surface area contributed by atoms with E-state index in [2.05, 4.69) is 146 Å². The lowest BCUT2D eigenvalue weighted by atomic mass is 9.84. The molecular formula is C49H61ClN6. The lowest BCUT2D eigenvalue weighted by molar-refractivity contribution is 0.256. The summed E-state index contributed by atoms with van der Waals surface area (Å²) in [5.74, 6) is 0.106. The maximum absolute atomic E-state index is 6.60. The summed E-state index contributed by atoms with van der Waals surface area (Å²) >= 11 is 6.60. The Kier molecular flexibility index (Phi) is 15.6. The van der Waals surface area contributed by atoms with E-state index in [0.29, 0.717) is 0 Å². The van der Waals surface area contributed by atoms with Gasteiger partial charge in [-0.15, -0.1) is 0 Å². The molecule has 0 amide bonds. The summed E-state index contributed by atoms with van der Waals surface area (Å²) in [6.45, 7) is 14.1. The van der Waals surface area contributed by atoms with Crippen LogP contribution in [0.1, 0.15) is 81.7 Å². The van der Waals surface area contributed by atoms with Crippen LogP contribution < -0.4 is 21.3 Å². The highest BCUT2D eigenvalue weighted by Gasteiger charge is 2.18. The molecule has 0 saturated carbocycles. The Labute approximate surface area is 341 Å². The van der Waals surface area contributed by atoms with Crippen molar-refractivity contribution < 1.29 is 0 Å². The zero-order chi connectivity index (χ0) is 38.2. The monoisotopic (exact) mass is 768 g/mol. The fourth-order valence-corrected chi connectivity index (χ4v) is 8.49. The number of fused-ring (bicyclic) bond motifs is 4. The third-order valence-electron chi connectivity index (χ3n) is 11.2. The molecule has 0 aromatic heterocycles. The SMILES string of the molecule is Clc1cccc(C(c2ccc(CN3CCCNCc4cccc(c4)CNCCC3)cc2)c2ccc(CN3CCCNCc4cccc(c4)CNCCC3)cc2)c1. The zero-order valence-electron chi connectivity index (χ0n) is 33.1. The van der Waals surface area contributed by atoms with Gasteiger partial charge in [0.2, 0.25) is 0 Å². The Bertz CT molecular complexity index is 1740. The fourth-order valence-electron chi connectivity index (χ4n) is 8.29. The largest absolute Gasteiger partial charge is 0.313 e. The van der Waals surface area contributed by atoms with Gasteiger partial charge in [-0.1, -0.05) is 121 Å². The molecule has 0 radical (unpaired) electrons. The van der Waals surface area contributed by atoms with Gasteiger partial charge >= 0.3 is 0 Å². The van der Waals surface area contributed by atoms with Crippen molar-refractivity contribution in [3.63, 3.8) is 0 Å². The first kappa shape index (κ1) is 40.4. The van der Waals surface area contributed by atoms with E-state index >= 15 is 0 Å². The summed E-state index contributed by atoms with van der Waals surface area (Å²) < 4.78 is 0. The average molecular weight is 770 g/mol. The van der Waals surface area contributed by atoms with E-state index in [1.165, 1.54) is 50.1 Å². The van der Waals surface area contributed by atoms with Gasteiger partial charge in [0, 0.05) is 50.2 Å². The van der Waals surface area contributed by atoms with Crippen LogP contribution in [0, 0.1) is 0 Å². The van der Waals surface area contributed by atoms with Crippen molar-refractivity contribution in [2.45, 2.75) is 70.9 Å². The van der Waals surface area contributed by atoms with E-state index in [1.54, 1.807) is 0 Å². The molecule has 0 unspecified atom stereocenters. The average Bonchev–Trinajstić information content (AvgIpc) is 3.21. The maximum Gasteiger partial charge on any atom is 0.0409 e. The van der Waals surface area contributed by atoms with Gasteiger partial charge in [0.05, 0.1) is 0 Å². The lowest BCUT2D eigenvalue weighted by Crippen LogP contribution is -2.30. The van der Waals surface area contributed by atoms with E-state index in [1.807, 2.05) is 6.07 Å². The highest BCUT2D eigenvalue weighted by atomic mass is 35.5. The molecule has 2 aliphatic heterocycles. The second kappa shape index (κ2) is 21.6. The fraction of sp³-hybridized carbons (Fsp3) is 0.388. The quantitative estimate of drug-likeness (QED) is 0.125. The topological polar surface area (TPSA) is 54.6 Å². The predicted molar refractivity (Wildman–Crippen MR) is 234 cm³/mol. The molecular weight excluding hydrogens is 708 g/mol. The minimum Gasteiger partial charge on any atom is -0.313 e. The first-order valence-corrected chi connectivity index (χ1v) is 21.4. The smallest absolute Gasteiger partial charge is 0.0409 e. The number of nitrogens with zero attached hydrogens (tertiary/aromatic N) is 2. The summed E-state index contributed by atoms with van der Waals surface area (Å²) in [5.41, 5.74) is 12.0. The number of halogens is 1. The molecule has 6 nitrogen and oxygen atoms in total. The van der Waals surface area contributed by atoms with Crippen molar-refractivity contribution in [2.24, 2.45) is 0 Å². The van der Waals surface area contributed by atoms with Crippen LogP contribution in [0.25, 0.3) is 0 Å². The molecule has 294 valence electrons. The third kappa shape index (κ3) is 12.6. The Morgan fingerprint density at radius 1 is 0.429 bits per heavy atom. The highest BCUT2D eigenvalue weighted by Crippen LogP contribution is 2.34. The summed E-state index contributed by atoms with van der Waals surface area (Å²) in [6.07, 6.45) is 4.55. The molecule has 2 heterocycles. The summed E-state index contributed by atoms with van der Waals surface area (Å²) in [5, 5.41) is 15.4. The molecule has 0 atom stereocenters. The van der Waals surface area contributed by atoms with Crippen molar-refractivity contribution in [1.29, 1.82) is 0 Å². The lowest BCUT2D eigenvalue weighted by Gasteiger charge is -2.25. The summed E-state index contributed by atoms with van der Waals surface area (Å²) in [7, 11) is 0. The Morgan fingerprint density at radius 3 is 1.18 bits per heavy atom.